The van der Waals surface area contributed by atoms with Crippen LogP contribution in [-0.2, 0) is 6.18 Å². The Kier molecular flexibility index (Phi) is 3.51. The Morgan fingerprint density at radius 2 is 1.79 bits per heavy atom. The molecular formula is C12H12F3NO3. The van der Waals surface area contributed by atoms with E-state index in [2.05, 4.69) is 0 Å². The summed E-state index contributed by atoms with van der Waals surface area (Å²) in [6.07, 6.45) is -6.44. The average Bonchev–Trinajstić information content (AvgIpc) is 2.68. The summed E-state index contributed by atoms with van der Waals surface area (Å²) in [5, 5.41) is 18.8. The van der Waals surface area contributed by atoms with E-state index < -0.39 is 29.5 Å². The second kappa shape index (κ2) is 4.82. The molecule has 104 valence electrons. The Hall–Kier alpha value is -1.60. The molecule has 1 aromatic carbocycles. The molecule has 19 heavy (non-hydrogen) atoms. The number of aliphatic hydroxyl groups is 2. The Bertz CT molecular complexity index is 480. The van der Waals surface area contributed by atoms with Crippen molar-refractivity contribution in [1.29, 1.82) is 0 Å². The number of carbonyl (C=O) groups excluding carboxylic acids is 1. The monoisotopic (exact) mass is 275 g/mol. The Balaban J connectivity index is 2.36. The molecule has 1 heterocycles. The molecule has 4 nitrogen and oxygen atoms in total. The highest BCUT2D eigenvalue weighted by atomic mass is 19.4. The van der Waals surface area contributed by atoms with Gasteiger partial charge in [-0.2, -0.15) is 13.2 Å². The van der Waals surface area contributed by atoms with Crippen molar-refractivity contribution in [3.63, 3.8) is 0 Å². The second-order valence-corrected chi connectivity index (χ2v) is 4.43. The number of carbonyl (C=O) groups is 1. The molecule has 0 aliphatic carbocycles. The number of nitrogens with zero attached hydrogens (tertiary/aromatic N) is 1. The molecule has 0 amide bonds. The van der Waals surface area contributed by atoms with Crippen LogP contribution in [0.15, 0.2) is 18.2 Å². The summed E-state index contributed by atoms with van der Waals surface area (Å²) in [7, 11) is 0. The molecule has 1 aliphatic heterocycles. The molecule has 2 atom stereocenters. The van der Waals surface area contributed by atoms with Crippen LogP contribution in [0.4, 0.5) is 18.9 Å². The molecule has 7 heteroatoms. The number of hydrogen-bond acceptors (Lipinski definition) is 4. The molecule has 1 saturated heterocycles. The van der Waals surface area contributed by atoms with E-state index in [1.807, 2.05) is 0 Å². The SMILES string of the molecule is O=Cc1ccc(N2CC(O)C(O)C2)cc1C(F)(F)F. The number of aldehydes is 1. The predicted molar refractivity (Wildman–Crippen MR) is 61.1 cm³/mol. The number of halogens is 3. The minimum atomic E-state index is -4.62. The highest BCUT2D eigenvalue weighted by Crippen LogP contribution is 2.34. The quantitative estimate of drug-likeness (QED) is 0.792. The minimum Gasteiger partial charge on any atom is -0.389 e. The maximum absolute atomic E-state index is 12.8. The van der Waals surface area contributed by atoms with Gasteiger partial charge in [0, 0.05) is 24.3 Å². The van der Waals surface area contributed by atoms with E-state index in [1.165, 1.54) is 11.0 Å². The van der Waals surface area contributed by atoms with Crippen molar-refractivity contribution in [3.8, 4) is 0 Å². The van der Waals surface area contributed by atoms with Crippen LogP contribution < -0.4 is 4.90 Å². The first-order valence-electron chi connectivity index (χ1n) is 5.60. The van der Waals surface area contributed by atoms with Gasteiger partial charge in [0.2, 0.25) is 0 Å². The van der Waals surface area contributed by atoms with Crippen LogP contribution in [-0.4, -0.2) is 41.8 Å². The highest BCUT2D eigenvalue weighted by Gasteiger charge is 2.35. The van der Waals surface area contributed by atoms with Gasteiger partial charge in [-0.1, -0.05) is 0 Å². The van der Waals surface area contributed by atoms with E-state index >= 15 is 0 Å². The van der Waals surface area contributed by atoms with Gasteiger partial charge in [0.15, 0.2) is 6.29 Å². The highest BCUT2D eigenvalue weighted by molar-refractivity contribution is 5.79. The van der Waals surface area contributed by atoms with Crippen molar-refractivity contribution < 1.29 is 28.2 Å². The number of alkyl halides is 3. The molecule has 1 fully saturated rings. The first-order valence-corrected chi connectivity index (χ1v) is 5.60. The van der Waals surface area contributed by atoms with Crippen LogP contribution >= 0.6 is 0 Å². The van der Waals surface area contributed by atoms with E-state index in [0.717, 1.165) is 12.1 Å². The third kappa shape index (κ3) is 2.71. The summed E-state index contributed by atoms with van der Waals surface area (Å²) >= 11 is 0. The Morgan fingerprint density at radius 3 is 2.26 bits per heavy atom. The van der Waals surface area contributed by atoms with Gasteiger partial charge in [-0.05, 0) is 18.2 Å². The molecule has 0 radical (unpaired) electrons. The van der Waals surface area contributed by atoms with Crippen molar-refractivity contribution >= 4 is 12.0 Å². The van der Waals surface area contributed by atoms with Gasteiger partial charge < -0.3 is 15.1 Å². The predicted octanol–water partition coefficient (Wildman–Crippen LogP) is 1.06. The molecule has 1 aliphatic rings. The molecule has 1 aromatic rings. The van der Waals surface area contributed by atoms with Crippen molar-refractivity contribution in [1.82, 2.24) is 0 Å². The third-order valence-electron chi connectivity index (χ3n) is 3.09. The lowest BCUT2D eigenvalue weighted by molar-refractivity contribution is -0.137. The van der Waals surface area contributed by atoms with Crippen molar-refractivity contribution in [2.45, 2.75) is 18.4 Å². The number of aliphatic hydroxyl groups excluding tert-OH is 2. The van der Waals surface area contributed by atoms with Crippen LogP contribution in [0.2, 0.25) is 0 Å². The number of anilines is 1. The largest absolute Gasteiger partial charge is 0.417 e. The zero-order chi connectivity index (χ0) is 14.2. The topological polar surface area (TPSA) is 60.8 Å². The van der Waals surface area contributed by atoms with Crippen molar-refractivity contribution in [2.75, 3.05) is 18.0 Å². The van der Waals surface area contributed by atoms with Gasteiger partial charge in [-0.15, -0.1) is 0 Å². The number of rotatable bonds is 2. The van der Waals surface area contributed by atoms with E-state index in [1.54, 1.807) is 0 Å². The van der Waals surface area contributed by atoms with Gasteiger partial charge in [0.05, 0.1) is 17.8 Å². The normalized spacial score (nSPS) is 23.7. The standard InChI is InChI=1S/C12H12F3NO3/c13-12(14,15)9-3-8(2-1-7(9)6-17)16-4-10(18)11(19)5-16/h1-3,6,10-11,18-19H,4-5H2. The second-order valence-electron chi connectivity index (χ2n) is 4.43. The van der Waals surface area contributed by atoms with Crippen LogP contribution in [0, 0.1) is 0 Å². The van der Waals surface area contributed by atoms with Gasteiger partial charge in [-0.25, -0.2) is 0 Å². The van der Waals surface area contributed by atoms with Crippen LogP contribution in [0.1, 0.15) is 15.9 Å². The summed E-state index contributed by atoms with van der Waals surface area (Å²) in [6.45, 7) is 0.109. The molecule has 0 spiro atoms. The van der Waals surface area contributed by atoms with Crippen molar-refractivity contribution in [2.24, 2.45) is 0 Å². The molecule has 2 rings (SSSR count). The fourth-order valence-electron chi connectivity index (χ4n) is 2.07. The van der Waals surface area contributed by atoms with Gasteiger partial charge in [0.25, 0.3) is 0 Å². The Morgan fingerprint density at radius 1 is 1.21 bits per heavy atom. The lowest BCUT2D eigenvalue weighted by atomic mass is 10.1. The fourth-order valence-corrected chi connectivity index (χ4v) is 2.07. The molecule has 0 saturated carbocycles. The van der Waals surface area contributed by atoms with Crippen LogP contribution in [0.5, 0.6) is 0 Å². The zero-order valence-electron chi connectivity index (χ0n) is 9.76. The number of benzene rings is 1. The summed E-state index contributed by atoms with van der Waals surface area (Å²) < 4.78 is 38.3. The van der Waals surface area contributed by atoms with Crippen LogP contribution in [0.25, 0.3) is 0 Å². The lowest BCUT2D eigenvalue weighted by Gasteiger charge is -2.20. The lowest BCUT2D eigenvalue weighted by Crippen LogP contribution is -2.22. The van der Waals surface area contributed by atoms with Gasteiger partial charge in [-0.3, -0.25) is 4.79 Å². The summed E-state index contributed by atoms with van der Waals surface area (Å²) in [6, 6.07) is 3.31. The van der Waals surface area contributed by atoms with E-state index in [0.29, 0.717) is 0 Å². The van der Waals surface area contributed by atoms with E-state index in [9.17, 15) is 28.2 Å². The Labute approximate surface area is 107 Å². The summed E-state index contributed by atoms with van der Waals surface area (Å²) in [5.74, 6) is 0. The minimum absolute atomic E-state index is 0.0545. The zero-order valence-corrected chi connectivity index (χ0v) is 9.76. The van der Waals surface area contributed by atoms with E-state index in [4.69, 9.17) is 0 Å². The first kappa shape index (κ1) is 13.8. The van der Waals surface area contributed by atoms with Gasteiger partial charge in [0.1, 0.15) is 0 Å². The third-order valence-corrected chi connectivity index (χ3v) is 3.09. The van der Waals surface area contributed by atoms with Crippen LogP contribution in [0.3, 0.4) is 0 Å². The smallest absolute Gasteiger partial charge is 0.389 e. The molecule has 2 unspecified atom stereocenters. The number of hydrogen-bond donors (Lipinski definition) is 2. The molecule has 2 N–H and O–H groups in total. The van der Waals surface area contributed by atoms with E-state index in [-0.39, 0.29) is 25.1 Å². The first-order chi connectivity index (χ1) is 8.82. The average molecular weight is 275 g/mol. The van der Waals surface area contributed by atoms with Gasteiger partial charge >= 0.3 is 6.18 Å². The summed E-state index contributed by atoms with van der Waals surface area (Å²) in [5.41, 5.74) is -1.24. The fraction of sp³-hybridized carbons (Fsp3) is 0.417. The molecule has 0 bridgehead atoms. The van der Waals surface area contributed by atoms with Crippen molar-refractivity contribution in [3.05, 3.63) is 29.3 Å². The maximum Gasteiger partial charge on any atom is 0.417 e. The molecule has 0 aromatic heterocycles. The number of β-amino-alcohol motifs (C(OH)–C–C–N with tert-alkyl or cyclic N) is 2. The maximum atomic E-state index is 12.8. The molecular weight excluding hydrogens is 263 g/mol. The summed E-state index contributed by atoms with van der Waals surface area (Å²) in [4.78, 5) is 12.1.